The van der Waals surface area contributed by atoms with Gasteiger partial charge in [-0.15, -0.1) is 5.10 Å². The van der Waals surface area contributed by atoms with Gasteiger partial charge in [-0.1, -0.05) is 11.6 Å². The van der Waals surface area contributed by atoms with E-state index >= 15 is 0 Å². The molecule has 0 atom stereocenters. The highest BCUT2D eigenvalue weighted by atomic mass is 79.9. The van der Waals surface area contributed by atoms with E-state index in [-0.39, 0.29) is 17.9 Å². The summed E-state index contributed by atoms with van der Waals surface area (Å²) in [6, 6.07) is 6.64. The predicted octanol–water partition coefficient (Wildman–Crippen LogP) is 2.01. The van der Waals surface area contributed by atoms with Crippen molar-refractivity contribution in [2.75, 3.05) is 6.61 Å². The summed E-state index contributed by atoms with van der Waals surface area (Å²) in [4.78, 5) is 23.7. The van der Waals surface area contributed by atoms with Crippen LogP contribution in [-0.4, -0.2) is 26.9 Å². The van der Waals surface area contributed by atoms with E-state index in [4.69, 9.17) is 16.3 Å². The average Bonchev–Trinajstić information content (AvgIpc) is 2.68. The lowest BCUT2D eigenvalue weighted by Gasteiger charge is -2.02. The molecule has 0 spiro atoms. The third kappa shape index (κ3) is 3.10. The van der Waals surface area contributed by atoms with Crippen molar-refractivity contribution in [2.45, 2.75) is 13.5 Å². The van der Waals surface area contributed by atoms with E-state index in [9.17, 15) is 9.59 Å². The Labute approximate surface area is 128 Å². The molecular formula is C12H11BrClN3O3. The summed E-state index contributed by atoms with van der Waals surface area (Å²) in [5.41, 5.74) is 0.120. The van der Waals surface area contributed by atoms with E-state index in [2.05, 4.69) is 21.0 Å². The quantitative estimate of drug-likeness (QED) is 0.782. The Kier molecular flexibility index (Phi) is 4.61. The Bertz CT molecular complexity index is 678. The molecular weight excluding hydrogens is 350 g/mol. The molecule has 0 saturated carbocycles. The predicted molar refractivity (Wildman–Crippen MR) is 77.2 cm³/mol. The molecule has 0 saturated heterocycles. The van der Waals surface area contributed by atoms with Crippen molar-refractivity contribution in [1.29, 1.82) is 0 Å². The molecule has 0 bridgehead atoms. The zero-order valence-corrected chi connectivity index (χ0v) is 12.9. The maximum atomic E-state index is 12.2. The lowest BCUT2D eigenvalue weighted by molar-refractivity contribution is -0.143. The van der Waals surface area contributed by atoms with E-state index in [1.54, 1.807) is 31.2 Å². The van der Waals surface area contributed by atoms with Crippen molar-refractivity contribution < 1.29 is 9.53 Å². The Hall–Kier alpha value is -1.60. The smallest absolute Gasteiger partial charge is 0.351 e. The molecule has 2 rings (SSSR count). The van der Waals surface area contributed by atoms with E-state index in [0.717, 1.165) is 0 Å². The molecule has 6 nitrogen and oxygen atoms in total. The number of esters is 1. The Morgan fingerprint density at radius 2 is 2.05 bits per heavy atom. The zero-order chi connectivity index (χ0) is 14.7. The topological polar surface area (TPSA) is 66.1 Å². The summed E-state index contributed by atoms with van der Waals surface area (Å²) in [6.45, 7) is 1.77. The molecule has 1 aromatic carbocycles. The number of hydrogen-bond acceptors (Lipinski definition) is 4. The van der Waals surface area contributed by atoms with Crippen LogP contribution in [0.15, 0.2) is 33.8 Å². The number of carbonyl (C=O) groups is 1. The number of nitrogens with zero attached hydrogens (tertiary/aromatic N) is 3. The van der Waals surface area contributed by atoms with Gasteiger partial charge >= 0.3 is 11.7 Å². The van der Waals surface area contributed by atoms with Gasteiger partial charge in [-0.25, -0.2) is 4.79 Å². The fraction of sp³-hybridized carbons (Fsp3) is 0.250. The first-order valence-electron chi connectivity index (χ1n) is 5.80. The number of ether oxygens (including phenoxy) is 1. The van der Waals surface area contributed by atoms with E-state index in [0.29, 0.717) is 10.7 Å². The van der Waals surface area contributed by atoms with Crippen molar-refractivity contribution in [3.63, 3.8) is 0 Å². The van der Waals surface area contributed by atoms with Crippen LogP contribution in [0.1, 0.15) is 6.92 Å². The second-order valence-corrected chi connectivity index (χ2v) is 4.98. The molecule has 0 N–H and O–H groups in total. The molecule has 1 heterocycles. The highest BCUT2D eigenvalue weighted by Crippen LogP contribution is 2.13. The van der Waals surface area contributed by atoms with E-state index in [1.165, 1.54) is 9.25 Å². The lowest BCUT2D eigenvalue weighted by atomic mass is 10.3. The highest BCUT2D eigenvalue weighted by Gasteiger charge is 2.15. The Morgan fingerprint density at radius 3 is 2.65 bits per heavy atom. The summed E-state index contributed by atoms with van der Waals surface area (Å²) in [6.07, 6.45) is 0. The standard InChI is InChI=1S/C12H11BrClN3O3/c1-2-20-10(18)7-16-11(13)15-17(12(16)19)9-5-3-8(14)4-6-9/h3-6H,2,7H2,1H3. The van der Waals surface area contributed by atoms with Crippen molar-refractivity contribution in [2.24, 2.45) is 0 Å². The van der Waals surface area contributed by atoms with Crippen LogP contribution in [0.25, 0.3) is 5.69 Å². The number of halogens is 2. The van der Waals surface area contributed by atoms with Gasteiger partial charge in [0.1, 0.15) is 6.54 Å². The first kappa shape index (κ1) is 14.8. The van der Waals surface area contributed by atoms with Gasteiger partial charge in [-0.05, 0) is 47.1 Å². The number of benzene rings is 1. The second kappa shape index (κ2) is 6.23. The monoisotopic (exact) mass is 359 g/mol. The zero-order valence-electron chi connectivity index (χ0n) is 10.5. The van der Waals surface area contributed by atoms with Crippen LogP contribution in [-0.2, 0) is 16.1 Å². The fourth-order valence-electron chi connectivity index (χ4n) is 1.59. The SMILES string of the molecule is CCOC(=O)Cn1c(Br)nn(-c2ccc(Cl)cc2)c1=O. The van der Waals surface area contributed by atoms with Crippen LogP contribution in [0.5, 0.6) is 0 Å². The Balaban J connectivity index is 2.36. The molecule has 2 aromatic rings. The summed E-state index contributed by atoms with van der Waals surface area (Å²) in [7, 11) is 0. The van der Waals surface area contributed by atoms with Gasteiger partial charge in [-0.3, -0.25) is 9.36 Å². The van der Waals surface area contributed by atoms with Gasteiger partial charge in [-0.2, -0.15) is 4.68 Å². The average molecular weight is 361 g/mol. The van der Waals surface area contributed by atoms with Crippen LogP contribution in [0.3, 0.4) is 0 Å². The van der Waals surface area contributed by atoms with Gasteiger partial charge in [0.2, 0.25) is 4.73 Å². The highest BCUT2D eigenvalue weighted by molar-refractivity contribution is 9.10. The largest absolute Gasteiger partial charge is 0.465 e. The van der Waals surface area contributed by atoms with Crippen molar-refractivity contribution in [3.05, 3.63) is 44.5 Å². The summed E-state index contributed by atoms with van der Waals surface area (Å²) >= 11 is 8.95. The van der Waals surface area contributed by atoms with Crippen LogP contribution in [0.4, 0.5) is 0 Å². The molecule has 0 radical (unpaired) electrons. The molecule has 0 aliphatic heterocycles. The number of carbonyl (C=O) groups excluding carboxylic acids is 1. The second-order valence-electron chi connectivity index (χ2n) is 3.83. The molecule has 0 fully saturated rings. The molecule has 1 aromatic heterocycles. The van der Waals surface area contributed by atoms with Gasteiger partial charge in [0, 0.05) is 5.02 Å². The number of rotatable bonds is 4. The van der Waals surface area contributed by atoms with E-state index < -0.39 is 11.7 Å². The van der Waals surface area contributed by atoms with Gasteiger partial charge in [0.25, 0.3) is 0 Å². The third-order valence-corrected chi connectivity index (χ3v) is 3.32. The maximum absolute atomic E-state index is 12.2. The minimum atomic E-state index is -0.494. The first-order chi connectivity index (χ1) is 9.52. The molecule has 0 unspecified atom stereocenters. The molecule has 0 aliphatic carbocycles. The molecule has 8 heteroatoms. The molecule has 0 amide bonds. The lowest BCUT2D eigenvalue weighted by Crippen LogP contribution is -2.27. The minimum absolute atomic E-state index is 0.194. The van der Waals surface area contributed by atoms with Crippen LogP contribution < -0.4 is 5.69 Å². The minimum Gasteiger partial charge on any atom is -0.465 e. The summed E-state index contributed by atoms with van der Waals surface area (Å²) in [5.74, 6) is -0.494. The van der Waals surface area contributed by atoms with Crippen LogP contribution >= 0.6 is 27.5 Å². The normalized spacial score (nSPS) is 10.6. The maximum Gasteiger partial charge on any atom is 0.351 e. The van der Waals surface area contributed by atoms with Crippen LogP contribution in [0, 0.1) is 0 Å². The van der Waals surface area contributed by atoms with Crippen molar-refractivity contribution in [3.8, 4) is 5.69 Å². The summed E-state index contributed by atoms with van der Waals surface area (Å²) in [5, 5.41) is 4.62. The van der Waals surface area contributed by atoms with Crippen molar-refractivity contribution in [1.82, 2.24) is 14.3 Å². The van der Waals surface area contributed by atoms with Gasteiger partial charge < -0.3 is 4.74 Å². The third-order valence-electron chi connectivity index (χ3n) is 2.48. The van der Waals surface area contributed by atoms with E-state index in [1.807, 2.05) is 0 Å². The molecule has 106 valence electrons. The Morgan fingerprint density at radius 1 is 1.40 bits per heavy atom. The number of hydrogen-bond donors (Lipinski definition) is 0. The summed E-state index contributed by atoms with van der Waals surface area (Å²) < 4.78 is 7.43. The van der Waals surface area contributed by atoms with Crippen molar-refractivity contribution >= 4 is 33.5 Å². The van der Waals surface area contributed by atoms with Crippen LogP contribution in [0.2, 0.25) is 5.02 Å². The first-order valence-corrected chi connectivity index (χ1v) is 6.97. The van der Waals surface area contributed by atoms with Gasteiger partial charge in [0.05, 0.1) is 12.3 Å². The molecule has 20 heavy (non-hydrogen) atoms. The number of aromatic nitrogens is 3. The molecule has 0 aliphatic rings. The fourth-order valence-corrected chi connectivity index (χ4v) is 2.15. The van der Waals surface area contributed by atoms with Gasteiger partial charge in [0.15, 0.2) is 0 Å².